The van der Waals surface area contributed by atoms with Crippen molar-refractivity contribution in [1.82, 2.24) is 4.98 Å². The lowest BCUT2D eigenvalue weighted by molar-refractivity contribution is 0.103. The summed E-state index contributed by atoms with van der Waals surface area (Å²) >= 11 is 13.2. The van der Waals surface area contributed by atoms with Gasteiger partial charge >= 0.3 is 0 Å². The number of aromatic nitrogens is 1. The molecular formula is C12H10Cl2N2OS. The van der Waals surface area contributed by atoms with Crippen molar-refractivity contribution >= 4 is 46.1 Å². The van der Waals surface area contributed by atoms with Crippen LogP contribution in [0.2, 0.25) is 10.2 Å². The maximum atomic E-state index is 12.0. The highest BCUT2D eigenvalue weighted by Crippen LogP contribution is 2.28. The molecule has 2 heterocycles. The van der Waals surface area contributed by atoms with E-state index >= 15 is 0 Å². The molecule has 2 aromatic heterocycles. The molecule has 0 atom stereocenters. The molecular weight excluding hydrogens is 291 g/mol. The van der Waals surface area contributed by atoms with E-state index in [1.807, 2.05) is 19.2 Å². The average Bonchev–Trinajstić information content (AvgIpc) is 2.65. The van der Waals surface area contributed by atoms with E-state index in [1.54, 1.807) is 6.07 Å². The van der Waals surface area contributed by atoms with E-state index in [0.717, 1.165) is 11.1 Å². The van der Waals surface area contributed by atoms with Gasteiger partial charge in [0.05, 0.1) is 16.9 Å². The molecule has 0 radical (unpaired) electrons. The molecule has 0 bridgehead atoms. The highest BCUT2D eigenvalue weighted by Gasteiger charge is 2.15. The Balaban J connectivity index is 2.21. The molecule has 1 amide bonds. The third-order valence-electron chi connectivity index (χ3n) is 2.38. The predicted octanol–water partition coefficient (Wildman–Crippen LogP) is 4.32. The van der Waals surface area contributed by atoms with E-state index in [4.69, 9.17) is 23.2 Å². The fraction of sp³-hybridized carbons (Fsp3) is 0.167. The van der Waals surface area contributed by atoms with Gasteiger partial charge in [0, 0.05) is 0 Å². The Morgan fingerprint density at radius 2 is 2.06 bits per heavy atom. The van der Waals surface area contributed by atoms with Gasteiger partial charge in [-0.15, -0.1) is 11.3 Å². The van der Waals surface area contributed by atoms with Crippen LogP contribution in [0.5, 0.6) is 0 Å². The van der Waals surface area contributed by atoms with Gasteiger partial charge in [-0.3, -0.25) is 4.79 Å². The van der Waals surface area contributed by atoms with Gasteiger partial charge in [0.25, 0.3) is 5.91 Å². The fourth-order valence-electron chi connectivity index (χ4n) is 1.40. The van der Waals surface area contributed by atoms with E-state index in [1.165, 1.54) is 17.5 Å². The number of rotatable bonds is 2. The van der Waals surface area contributed by atoms with Crippen LogP contribution >= 0.6 is 34.5 Å². The lowest BCUT2D eigenvalue weighted by atomic mass is 10.3. The molecule has 0 saturated heterocycles. The standard InChI is InChI=1S/C12H10Cl2N2OS/c1-6-3-8(4-15-11(6)14)16-12(17)10-9(13)7(2)5-18-10/h3-5H,1-2H3,(H,16,17). The quantitative estimate of drug-likeness (QED) is 0.839. The lowest BCUT2D eigenvalue weighted by Crippen LogP contribution is -2.11. The molecule has 1 N–H and O–H groups in total. The number of halogens is 2. The normalized spacial score (nSPS) is 10.4. The average molecular weight is 301 g/mol. The highest BCUT2D eigenvalue weighted by molar-refractivity contribution is 7.13. The number of nitrogens with one attached hydrogen (secondary N) is 1. The summed E-state index contributed by atoms with van der Waals surface area (Å²) in [6, 6.07) is 1.77. The Kier molecular flexibility index (Phi) is 3.90. The molecule has 2 rings (SSSR count). The van der Waals surface area contributed by atoms with E-state index in [-0.39, 0.29) is 5.91 Å². The Hall–Kier alpha value is -1.10. The Labute approximate surface area is 119 Å². The molecule has 0 aliphatic carbocycles. The van der Waals surface area contributed by atoms with Gasteiger partial charge in [-0.05, 0) is 36.4 Å². The van der Waals surface area contributed by atoms with Crippen molar-refractivity contribution in [3.05, 3.63) is 43.8 Å². The second-order valence-electron chi connectivity index (χ2n) is 3.85. The number of carbonyl (C=O) groups is 1. The minimum Gasteiger partial charge on any atom is -0.320 e. The van der Waals surface area contributed by atoms with Gasteiger partial charge in [0.1, 0.15) is 10.0 Å². The van der Waals surface area contributed by atoms with Crippen LogP contribution in [0.15, 0.2) is 17.6 Å². The van der Waals surface area contributed by atoms with Crippen molar-refractivity contribution in [1.29, 1.82) is 0 Å². The van der Waals surface area contributed by atoms with E-state index in [9.17, 15) is 4.79 Å². The first kappa shape index (κ1) is 13.3. The predicted molar refractivity (Wildman–Crippen MR) is 76.0 cm³/mol. The summed E-state index contributed by atoms with van der Waals surface area (Å²) in [6.07, 6.45) is 1.52. The van der Waals surface area contributed by atoms with Crippen molar-refractivity contribution in [2.75, 3.05) is 5.32 Å². The number of aryl methyl sites for hydroxylation is 2. The third-order valence-corrected chi connectivity index (χ3v) is 4.47. The van der Waals surface area contributed by atoms with Gasteiger partial charge in [0.2, 0.25) is 0 Å². The van der Waals surface area contributed by atoms with Gasteiger partial charge in [-0.1, -0.05) is 23.2 Å². The first-order chi connectivity index (χ1) is 8.49. The smallest absolute Gasteiger partial charge is 0.267 e. The van der Waals surface area contributed by atoms with Gasteiger partial charge in [-0.25, -0.2) is 4.98 Å². The zero-order valence-electron chi connectivity index (χ0n) is 9.75. The number of amides is 1. The lowest BCUT2D eigenvalue weighted by Gasteiger charge is -2.05. The molecule has 0 aliphatic rings. The molecule has 18 heavy (non-hydrogen) atoms. The number of anilines is 1. The first-order valence-electron chi connectivity index (χ1n) is 5.16. The summed E-state index contributed by atoms with van der Waals surface area (Å²) in [5.41, 5.74) is 2.31. The van der Waals surface area contributed by atoms with Crippen LogP contribution in [-0.2, 0) is 0 Å². The number of thiophene rings is 1. The first-order valence-corrected chi connectivity index (χ1v) is 6.79. The van der Waals surface area contributed by atoms with Crippen molar-refractivity contribution in [3.8, 4) is 0 Å². The van der Waals surface area contributed by atoms with Crippen LogP contribution in [0, 0.1) is 13.8 Å². The number of nitrogens with zero attached hydrogens (tertiary/aromatic N) is 1. The summed E-state index contributed by atoms with van der Waals surface area (Å²) in [4.78, 5) is 16.5. The van der Waals surface area contributed by atoms with Crippen molar-refractivity contribution in [2.24, 2.45) is 0 Å². The fourth-order valence-corrected chi connectivity index (χ4v) is 2.67. The van der Waals surface area contributed by atoms with Crippen molar-refractivity contribution in [3.63, 3.8) is 0 Å². The second-order valence-corrected chi connectivity index (χ2v) is 5.46. The molecule has 3 nitrogen and oxygen atoms in total. The van der Waals surface area contributed by atoms with E-state index in [2.05, 4.69) is 10.3 Å². The Morgan fingerprint density at radius 1 is 1.33 bits per heavy atom. The van der Waals surface area contributed by atoms with Crippen LogP contribution in [0.4, 0.5) is 5.69 Å². The monoisotopic (exact) mass is 300 g/mol. The van der Waals surface area contributed by atoms with Crippen LogP contribution in [0.3, 0.4) is 0 Å². The van der Waals surface area contributed by atoms with Crippen LogP contribution in [0.25, 0.3) is 0 Å². The summed E-state index contributed by atoms with van der Waals surface area (Å²) in [5.74, 6) is -0.235. The molecule has 0 spiro atoms. The molecule has 6 heteroatoms. The minimum atomic E-state index is -0.235. The number of hydrogen-bond acceptors (Lipinski definition) is 3. The topological polar surface area (TPSA) is 42.0 Å². The van der Waals surface area contributed by atoms with Gasteiger partial charge in [-0.2, -0.15) is 0 Å². The molecule has 0 fully saturated rings. The minimum absolute atomic E-state index is 0.235. The third kappa shape index (κ3) is 2.66. The highest BCUT2D eigenvalue weighted by atomic mass is 35.5. The second kappa shape index (κ2) is 5.26. The van der Waals surface area contributed by atoms with Gasteiger partial charge < -0.3 is 5.32 Å². The summed E-state index contributed by atoms with van der Waals surface area (Å²) < 4.78 is 0. The molecule has 0 saturated carbocycles. The van der Waals surface area contributed by atoms with Gasteiger partial charge in [0.15, 0.2) is 0 Å². The van der Waals surface area contributed by atoms with Crippen LogP contribution in [-0.4, -0.2) is 10.9 Å². The SMILES string of the molecule is Cc1cc(NC(=O)c2scc(C)c2Cl)cnc1Cl. The summed E-state index contributed by atoms with van der Waals surface area (Å²) in [7, 11) is 0. The maximum Gasteiger partial charge on any atom is 0.267 e. The summed E-state index contributed by atoms with van der Waals surface area (Å²) in [6.45, 7) is 3.69. The molecule has 0 unspecified atom stereocenters. The number of pyridine rings is 1. The number of hydrogen-bond donors (Lipinski definition) is 1. The molecule has 0 aliphatic heterocycles. The largest absolute Gasteiger partial charge is 0.320 e. The molecule has 2 aromatic rings. The maximum absolute atomic E-state index is 12.0. The van der Waals surface area contributed by atoms with E-state index < -0.39 is 0 Å². The van der Waals surface area contributed by atoms with Crippen molar-refractivity contribution in [2.45, 2.75) is 13.8 Å². The number of carbonyl (C=O) groups excluding carboxylic acids is 1. The Morgan fingerprint density at radius 3 is 2.61 bits per heavy atom. The van der Waals surface area contributed by atoms with Crippen LogP contribution < -0.4 is 5.32 Å². The molecule has 0 aromatic carbocycles. The van der Waals surface area contributed by atoms with Crippen molar-refractivity contribution < 1.29 is 4.79 Å². The van der Waals surface area contributed by atoms with Crippen LogP contribution in [0.1, 0.15) is 20.8 Å². The van der Waals surface area contributed by atoms with E-state index in [0.29, 0.717) is 20.7 Å². The zero-order valence-corrected chi connectivity index (χ0v) is 12.1. The molecule has 94 valence electrons. The summed E-state index contributed by atoms with van der Waals surface area (Å²) in [5, 5.41) is 5.52. The zero-order chi connectivity index (χ0) is 13.3. The Bertz CT molecular complexity index is 610.